The lowest BCUT2D eigenvalue weighted by Crippen LogP contribution is -2.21. The molecular weight excluding hydrogens is 334 g/mol. The number of para-hydroxylation sites is 2. The van der Waals surface area contributed by atoms with Crippen molar-refractivity contribution in [2.75, 3.05) is 6.54 Å². The Morgan fingerprint density at radius 2 is 1.81 bits per heavy atom. The summed E-state index contributed by atoms with van der Waals surface area (Å²) in [5.74, 6) is 1.13. The van der Waals surface area contributed by atoms with Gasteiger partial charge < -0.3 is 9.88 Å². The fourth-order valence-electron chi connectivity index (χ4n) is 3.27. The SMILES string of the molecule is C/C=C/C(=O)NCCCCCc1nc2ccccc2n1Cc1ccccc1. The van der Waals surface area contributed by atoms with E-state index in [1.807, 2.05) is 19.1 Å². The van der Waals surface area contributed by atoms with Crippen molar-refractivity contribution in [1.29, 1.82) is 0 Å². The molecule has 0 fully saturated rings. The molecule has 0 saturated carbocycles. The summed E-state index contributed by atoms with van der Waals surface area (Å²) in [5.41, 5.74) is 3.53. The molecule has 3 rings (SSSR count). The lowest BCUT2D eigenvalue weighted by atomic mass is 10.1. The normalized spacial score (nSPS) is 11.3. The van der Waals surface area contributed by atoms with Gasteiger partial charge in [-0.05, 0) is 43.5 Å². The maximum atomic E-state index is 11.4. The molecule has 3 aromatic rings. The van der Waals surface area contributed by atoms with Crippen molar-refractivity contribution in [2.24, 2.45) is 0 Å². The van der Waals surface area contributed by atoms with Gasteiger partial charge in [-0.25, -0.2) is 4.98 Å². The summed E-state index contributed by atoms with van der Waals surface area (Å²) in [6, 6.07) is 18.9. The summed E-state index contributed by atoms with van der Waals surface area (Å²) in [6.07, 6.45) is 7.40. The molecule has 2 aromatic carbocycles. The molecule has 0 saturated heterocycles. The standard InChI is InChI=1S/C23H27N3O/c1-2-11-23(27)24-17-10-4-7-16-22-25-20-14-8-9-15-21(20)26(22)18-19-12-5-3-6-13-19/h2-3,5-6,8-9,11-15H,4,7,10,16-18H2,1H3,(H,24,27)/b11-2+. The van der Waals surface area contributed by atoms with E-state index < -0.39 is 0 Å². The highest BCUT2D eigenvalue weighted by Crippen LogP contribution is 2.19. The van der Waals surface area contributed by atoms with E-state index >= 15 is 0 Å². The van der Waals surface area contributed by atoms with Crippen molar-refractivity contribution < 1.29 is 4.79 Å². The highest BCUT2D eigenvalue weighted by Gasteiger charge is 2.10. The molecule has 0 unspecified atom stereocenters. The zero-order valence-electron chi connectivity index (χ0n) is 15.9. The van der Waals surface area contributed by atoms with Gasteiger partial charge in [-0.2, -0.15) is 0 Å². The molecule has 1 heterocycles. The van der Waals surface area contributed by atoms with Crippen LogP contribution in [0.3, 0.4) is 0 Å². The number of allylic oxidation sites excluding steroid dienone is 1. The molecule has 0 spiro atoms. The monoisotopic (exact) mass is 361 g/mol. The van der Waals surface area contributed by atoms with Crippen LogP contribution >= 0.6 is 0 Å². The Morgan fingerprint density at radius 3 is 2.63 bits per heavy atom. The van der Waals surface area contributed by atoms with Crippen LogP contribution in [0.25, 0.3) is 11.0 Å². The van der Waals surface area contributed by atoms with E-state index in [1.54, 1.807) is 12.2 Å². The maximum absolute atomic E-state index is 11.4. The molecule has 0 radical (unpaired) electrons. The van der Waals surface area contributed by atoms with Crippen molar-refractivity contribution >= 4 is 16.9 Å². The summed E-state index contributed by atoms with van der Waals surface area (Å²) < 4.78 is 2.33. The van der Waals surface area contributed by atoms with Gasteiger partial charge in [-0.3, -0.25) is 4.79 Å². The minimum absolute atomic E-state index is 0.0119. The fourth-order valence-corrected chi connectivity index (χ4v) is 3.27. The van der Waals surface area contributed by atoms with Gasteiger partial charge in [0.1, 0.15) is 5.82 Å². The van der Waals surface area contributed by atoms with Crippen molar-refractivity contribution in [1.82, 2.24) is 14.9 Å². The molecule has 4 nitrogen and oxygen atoms in total. The summed E-state index contributed by atoms with van der Waals surface area (Å²) in [7, 11) is 0. The second-order valence-electron chi connectivity index (χ2n) is 6.69. The van der Waals surface area contributed by atoms with Crippen LogP contribution in [0, 0.1) is 0 Å². The van der Waals surface area contributed by atoms with Crippen LogP contribution in [-0.2, 0) is 17.8 Å². The number of aromatic nitrogens is 2. The predicted molar refractivity (Wildman–Crippen MR) is 111 cm³/mol. The van der Waals surface area contributed by atoms with Crippen molar-refractivity contribution in [3.05, 3.63) is 78.1 Å². The molecule has 0 aliphatic heterocycles. The topological polar surface area (TPSA) is 46.9 Å². The van der Waals surface area contributed by atoms with Crippen LogP contribution in [0.4, 0.5) is 0 Å². The Balaban J connectivity index is 1.60. The van der Waals surface area contributed by atoms with Crippen LogP contribution in [0.2, 0.25) is 0 Å². The van der Waals surface area contributed by atoms with E-state index in [9.17, 15) is 4.79 Å². The lowest BCUT2D eigenvalue weighted by Gasteiger charge is -2.10. The molecule has 1 amide bonds. The van der Waals surface area contributed by atoms with Gasteiger partial charge >= 0.3 is 0 Å². The van der Waals surface area contributed by atoms with Crippen LogP contribution in [0.15, 0.2) is 66.7 Å². The Bertz CT molecular complexity index is 896. The van der Waals surface area contributed by atoms with Gasteiger partial charge in [0.2, 0.25) is 5.91 Å². The smallest absolute Gasteiger partial charge is 0.243 e. The Hall–Kier alpha value is -2.88. The molecule has 4 heteroatoms. The number of amides is 1. The second kappa shape index (κ2) is 9.72. The quantitative estimate of drug-likeness (QED) is 0.451. The molecule has 0 bridgehead atoms. The minimum Gasteiger partial charge on any atom is -0.353 e. The molecule has 0 aliphatic rings. The van der Waals surface area contributed by atoms with Crippen molar-refractivity contribution in [2.45, 2.75) is 39.2 Å². The van der Waals surface area contributed by atoms with E-state index in [0.717, 1.165) is 50.1 Å². The third-order valence-corrected chi connectivity index (χ3v) is 4.61. The summed E-state index contributed by atoms with van der Waals surface area (Å²) in [6.45, 7) is 3.42. The lowest BCUT2D eigenvalue weighted by molar-refractivity contribution is -0.116. The molecule has 0 atom stereocenters. The average Bonchev–Trinajstić information content (AvgIpc) is 3.03. The van der Waals surface area contributed by atoms with Crippen LogP contribution in [-0.4, -0.2) is 22.0 Å². The third kappa shape index (κ3) is 5.30. The molecule has 0 aliphatic carbocycles. The minimum atomic E-state index is -0.0119. The van der Waals surface area contributed by atoms with E-state index in [-0.39, 0.29) is 5.91 Å². The van der Waals surface area contributed by atoms with Crippen LogP contribution in [0.5, 0.6) is 0 Å². The Morgan fingerprint density at radius 1 is 1.04 bits per heavy atom. The highest BCUT2D eigenvalue weighted by molar-refractivity contribution is 5.87. The summed E-state index contributed by atoms with van der Waals surface area (Å²) in [4.78, 5) is 16.3. The zero-order valence-corrected chi connectivity index (χ0v) is 15.9. The number of hydrogen-bond donors (Lipinski definition) is 1. The molecular formula is C23H27N3O. The predicted octanol–water partition coefficient (Wildman–Crippen LogP) is 4.49. The maximum Gasteiger partial charge on any atom is 0.243 e. The largest absolute Gasteiger partial charge is 0.353 e. The van der Waals surface area contributed by atoms with Gasteiger partial charge in [0.05, 0.1) is 11.0 Å². The first-order valence-electron chi connectivity index (χ1n) is 9.66. The van der Waals surface area contributed by atoms with E-state index in [1.165, 1.54) is 11.1 Å². The van der Waals surface area contributed by atoms with Gasteiger partial charge in [-0.1, -0.05) is 55.0 Å². The second-order valence-corrected chi connectivity index (χ2v) is 6.69. The number of imidazole rings is 1. The first-order valence-corrected chi connectivity index (χ1v) is 9.66. The van der Waals surface area contributed by atoms with Crippen LogP contribution in [0.1, 0.15) is 37.6 Å². The number of carbonyl (C=O) groups is 1. The number of unbranched alkanes of at least 4 members (excludes halogenated alkanes) is 2. The highest BCUT2D eigenvalue weighted by atomic mass is 16.1. The van der Waals surface area contributed by atoms with Crippen molar-refractivity contribution in [3.63, 3.8) is 0 Å². The number of carbonyl (C=O) groups excluding carboxylic acids is 1. The summed E-state index contributed by atoms with van der Waals surface area (Å²) in [5, 5.41) is 2.90. The van der Waals surface area contributed by atoms with E-state index in [2.05, 4.69) is 52.3 Å². The van der Waals surface area contributed by atoms with Crippen LogP contribution < -0.4 is 5.32 Å². The first-order chi connectivity index (χ1) is 13.3. The van der Waals surface area contributed by atoms with Crippen molar-refractivity contribution in [3.8, 4) is 0 Å². The Kier molecular flexibility index (Phi) is 6.80. The number of hydrogen-bond acceptors (Lipinski definition) is 2. The average molecular weight is 361 g/mol. The zero-order chi connectivity index (χ0) is 18.9. The fraction of sp³-hybridized carbons (Fsp3) is 0.304. The number of nitrogens with zero attached hydrogens (tertiary/aromatic N) is 2. The molecule has 27 heavy (non-hydrogen) atoms. The Labute approximate surface area is 160 Å². The first kappa shape index (κ1) is 18.9. The summed E-state index contributed by atoms with van der Waals surface area (Å²) >= 11 is 0. The number of fused-ring (bicyclic) bond motifs is 1. The molecule has 1 aromatic heterocycles. The van der Waals surface area contributed by atoms with Gasteiger partial charge in [0.25, 0.3) is 0 Å². The van der Waals surface area contributed by atoms with E-state index in [4.69, 9.17) is 4.98 Å². The number of aryl methyl sites for hydroxylation is 1. The number of nitrogens with one attached hydrogen (secondary N) is 1. The van der Waals surface area contributed by atoms with Gasteiger partial charge in [-0.15, -0.1) is 0 Å². The molecule has 140 valence electrons. The number of rotatable bonds is 9. The van der Waals surface area contributed by atoms with Gasteiger partial charge in [0, 0.05) is 19.5 Å². The number of benzene rings is 2. The van der Waals surface area contributed by atoms with E-state index in [0.29, 0.717) is 0 Å². The van der Waals surface area contributed by atoms with Gasteiger partial charge in [0.15, 0.2) is 0 Å². The molecule has 1 N–H and O–H groups in total. The third-order valence-electron chi connectivity index (χ3n) is 4.61.